The Kier molecular flexibility index (Phi) is 9.56. The molecule has 1 saturated carbocycles. The fraction of sp³-hybridized carbons (Fsp3) is 0.414. The Labute approximate surface area is 235 Å². The number of hydrogen-bond acceptors (Lipinski definition) is 10. The smallest absolute Gasteiger partial charge is 0.334 e. The van der Waals surface area contributed by atoms with E-state index in [2.05, 4.69) is 25.0 Å². The molecule has 0 unspecified atom stereocenters. The summed E-state index contributed by atoms with van der Waals surface area (Å²) in [7, 11) is 0. The molecule has 1 fully saturated rings. The second-order valence-corrected chi connectivity index (χ2v) is 10.2. The zero-order chi connectivity index (χ0) is 29.6. The lowest BCUT2D eigenvalue weighted by Gasteiger charge is -2.37. The molecule has 41 heavy (non-hydrogen) atoms. The molecule has 3 aromatic heterocycles. The van der Waals surface area contributed by atoms with Crippen LogP contribution in [0.5, 0.6) is 0 Å². The van der Waals surface area contributed by atoms with Gasteiger partial charge in [-0.15, -0.1) is 0 Å². The first-order chi connectivity index (χ1) is 19.6. The van der Waals surface area contributed by atoms with Gasteiger partial charge in [-0.2, -0.15) is 0 Å². The molecular formula is C29H32F2N4O6. The number of alkyl halides is 2. The molecule has 0 saturated heterocycles. The van der Waals surface area contributed by atoms with Crippen LogP contribution >= 0.6 is 0 Å². The van der Waals surface area contributed by atoms with Crippen molar-refractivity contribution in [3.63, 3.8) is 0 Å². The summed E-state index contributed by atoms with van der Waals surface area (Å²) in [5.41, 5.74) is 1.32. The summed E-state index contributed by atoms with van der Waals surface area (Å²) in [6.45, 7) is 2.27. The molecule has 0 aromatic carbocycles. The van der Waals surface area contributed by atoms with E-state index in [0.717, 1.165) is 5.56 Å². The zero-order valence-electron chi connectivity index (χ0n) is 22.7. The fourth-order valence-electron chi connectivity index (χ4n) is 4.92. The molecule has 3 N–H and O–H groups in total. The summed E-state index contributed by atoms with van der Waals surface area (Å²) < 4.78 is 35.6. The van der Waals surface area contributed by atoms with Crippen LogP contribution in [0.2, 0.25) is 0 Å². The molecule has 1 atom stereocenters. The van der Waals surface area contributed by atoms with Crippen LogP contribution in [0.1, 0.15) is 55.9 Å². The Hall–Kier alpha value is -4.03. The number of ether oxygens (including phenoxy) is 2. The van der Waals surface area contributed by atoms with E-state index in [0.29, 0.717) is 48.5 Å². The predicted molar refractivity (Wildman–Crippen MR) is 144 cm³/mol. The average molecular weight is 571 g/mol. The monoisotopic (exact) mass is 570 g/mol. The third-order valence-corrected chi connectivity index (χ3v) is 7.25. The maximum atomic E-state index is 13.1. The van der Waals surface area contributed by atoms with Crippen molar-refractivity contribution in [3.05, 3.63) is 65.6 Å². The van der Waals surface area contributed by atoms with Crippen molar-refractivity contribution in [2.24, 2.45) is 11.8 Å². The maximum Gasteiger partial charge on any atom is 0.334 e. The fourth-order valence-corrected chi connectivity index (χ4v) is 4.92. The molecule has 0 radical (unpaired) electrons. The van der Waals surface area contributed by atoms with Gasteiger partial charge in [0.2, 0.25) is 6.79 Å². The van der Waals surface area contributed by atoms with E-state index in [9.17, 15) is 23.5 Å². The normalized spacial score (nSPS) is 18.4. The largest absolute Gasteiger partial charge is 0.428 e. The quantitative estimate of drug-likeness (QED) is 0.234. The summed E-state index contributed by atoms with van der Waals surface area (Å²) in [4.78, 5) is 36.4. The summed E-state index contributed by atoms with van der Waals surface area (Å²) in [5, 5.41) is 23.0. The Morgan fingerprint density at radius 1 is 1.07 bits per heavy atom. The van der Waals surface area contributed by atoms with Gasteiger partial charge in [0.15, 0.2) is 0 Å². The number of nitrogens with one attached hydrogen (secondary N) is 1. The Morgan fingerprint density at radius 2 is 1.83 bits per heavy atom. The van der Waals surface area contributed by atoms with Gasteiger partial charge in [-0.25, -0.2) is 23.5 Å². The number of carbonyl (C=O) groups excluding carboxylic acids is 2. The Bertz CT molecular complexity index is 1360. The third kappa shape index (κ3) is 7.59. The summed E-state index contributed by atoms with van der Waals surface area (Å²) in [5.74, 6) is -1.16. The minimum Gasteiger partial charge on any atom is -0.428 e. The minimum absolute atomic E-state index is 0.137. The highest BCUT2D eigenvalue weighted by Crippen LogP contribution is 2.41. The lowest BCUT2D eigenvalue weighted by Crippen LogP contribution is -2.37. The van der Waals surface area contributed by atoms with Crippen molar-refractivity contribution in [3.8, 4) is 11.3 Å². The number of aliphatic hydroxyl groups is 2. The van der Waals surface area contributed by atoms with Crippen molar-refractivity contribution in [1.82, 2.24) is 15.0 Å². The maximum absolute atomic E-state index is 13.1. The molecule has 1 aliphatic rings. The van der Waals surface area contributed by atoms with Crippen molar-refractivity contribution in [2.45, 2.75) is 51.6 Å². The van der Waals surface area contributed by atoms with Gasteiger partial charge in [-0.05, 0) is 87.4 Å². The van der Waals surface area contributed by atoms with Gasteiger partial charge in [0.1, 0.15) is 23.8 Å². The number of hydrogen-bond donors (Lipinski definition) is 3. The van der Waals surface area contributed by atoms with Crippen LogP contribution in [-0.4, -0.2) is 50.5 Å². The molecule has 0 spiro atoms. The third-order valence-electron chi connectivity index (χ3n) is 7.25. The van der Waals surface area contributed by atoms with Gasteiger partial charge >= 0.3 is 11.9 Å². The predicted octanol–water partition coefficient (Wildman–Crippen LogP) is 4.58. The molecular weight excluding hydrogens is 538 g/mol. The van der Waals surface area contributed by atoms with Crippen LogP contribution in [0.25, 0.3) is 11.3 Å². The Balaban J connectivity index is 1.39. The topological polar surface area (TPSA) is 144 Å². The van der Waals surface area contributed by atoms with Crippen LogP contribution in [0, 0.1) is 18.8 Å². The van der Waals surface area contributed by atoms with E-state index < -0.39 is 37.4 Å². The minimum atomic E-state index is -2.61. The standard InChI is InChI=1S/C29H32F2N4O6/c1-17-11-22(34-25(12-17)35-24-13-19(27(30)31)9-10-32-24)20-5-8-23(33-14-20)29(2,39)21-6-3-18(4-7-21)28(38)41-16-40-26(37)15-36/h5,8-14,18,21,27,36,39H,3-4,6-7,15-16H2,1-2H3,(H,32,34,35)/t18?,21?,29-/m1/s1. The molecule has 0 aliphatic heterocycles. The second kappa shape index (κ2) is 13.1. The number of pyridine rings is 3. The van der Waals surface area contributed by atoms with E-state index in [4.69, 9.17) is 9.84 Å². The number of anilines is 2. The summed E-state index contributed by atoms with van der Waals surface area (Å²) in [6, 6.07) is 9.74. The number of aromatic nitrogens is 3. The number of rotatable bonds is 10. The zero-order valence-corrected chi connectivity index (χ0v) is 22.7. The first-order valence-electron chi connectivity index (χ1n) is 13.2. The number of nitrogens with zero attached hydrogens (tertiary/aromatic N) is 3. The van der Waals surface area contributed by atoms with Gasteiger partial charge in [0.05, 0.1) is 17.3 Å². The molecule has 0 bridgehead atoms. The molecule has 10 nitrogen and oxygen atoms in total. The number of esters is 2. The van der Waals surface area contributed by atoms with E-state index in [1.54, 1.807) is 25.3 Å². The molecule has 0 amide bonds. The van der Waals surface area contributed by atoms with Crippen LogP contribution in [0.15, 0.2) is 48.8 Å². The highest BCUT2D eigenvalue weighted by atomic mass is 19.3. The van der Waals surface area contributed by atoms with Gasteiger partial charge in [0.25, 0.3) is 6.43 Å². The van der Waals surface area contributed by atoms with Gasteiger partial charge in [-0.3, -0.25) is 9.78 Å². The van der Waals surface area contributed by atoms with Crippen molar-refractivity contribution in [1.29, 1.82) is 0 Å². The lowest BCUT2D eigenvalue weighted by molar-refractivity contribution is -0.173. The van der Waals surface area contributed by atoms with Crippen molar-refractivity contribution in [2.75, 3.05) is 18.7 Å². The SMILES string of the molecule is Cc1cc(Nc2cc(C(F)F)ccn2)nc(-c2ccc([C@](C)(O)C3CCC(C(=O)OCOC(=O)CO)CC3)nc2)c1. The highest BCUT2D eigenvalue weighted by Gasteiger charge is 2.39. The lowest BCUT2D eigenvalue weighted by atomic mass is 9.73. The molecule has 4 rings (SSSR count). The van der Waals surface area contributed by atoms with E-state index in [-0.39, 0.29) is 23.2 Å². The van der Waals surface area contributed by atoms with Crippen molar-refractivity contribution >= 4 is 23.6 Å². The van der Waals surface area contributed by atoms with Crippen LogP contribution < -0.4 is 5.32 Å². The van der Waals surface area contributed by atoms with Gasteiger partial charge in [-0.1, -0.05) is 0 Å². The Morgan fingerprint density at radius 3 is 2.49 bits per heavy atom. The highest BCUT2D eigenvalue weighted by molar-refractivity contribution is 5.73. The van der Waals surface area contributed by atoms with E-state index in [1.165, 1.54) is 18.3 Å². The van der Waals surface area contributed by atoms with Crippen LogP contribution in [-0.2, 0) is 24.7 Å². The van der Waals surface area contributed by atoms with Crippen molar-refractivity contribution < 1.29 is 38.1 Å². The number of carbonyl (C=O) groups is 2. The molecule has 1 aliphatic carbocycles. The van der Waals surface area contributed by atoms with Crippen LogP contribution in [0.3, 0.4) is 0 Å². The molecule has 12 heteroatoms. The first-order valence-corrected chi connectivity index (χ1v) is 13.2. The molecule has 3 aromatic rings. The van der Waals surface area contributed by atoms with E-state index in [1.807, 2.05) is 19.1 Å². The average Bonchev–Trinajstić information content (AvgIpc) is 2.97. The number of halogens is 2. The van der Waals surface area contributed by atoms with E-state index >= 15 is 0 Å². The molecule has 218 valence electrons. The first kappa shape index (κ1) is 29.9. The molecule has 3 heterocycles. The van der Waals surface area contributed by atoms with Crippen LogP contribution in [0.4, 0.5) is 20.4 Å². The number of aliphatic hydroxyl groups excluding tert-OH is 1. The summed E-state index contributed by atoms with van der Waals surface area (Å²) >= 11 is 0. The second-order valence-electron chi connectivity index (χ2n) is 10.2. The van der Waals surface area contributed by atoms with Gasteiger partial charge < -0.3 is 25.0 Å². The number of aryl methyl sites for hydroxylation is 1. The summed E-state index contributed by atoms with van der Waals surface area (Å²) in [6.07, 6.45) is 2.48. The van der Waals surface area contributed by atoms with Gasteiger partial charge in [0, 0.05) is 23.5 Å².